The molecule has 9 nitrogen and oxygen atoms in total. The Hall–Kier alpha value is -4.11. The van der Waals surface area contributed by atoms with Gasteiger partial charge in [-0.15, -0.1) is 0 Å². The van der Waals surface area contributed by atoms with Crippen molar-refractivity contribution >= 4 is 28.4 Å². The van der Waals surface area contributed by atoms with Crippen molar-refractivity contribution in [3.05, 3.63) is 66.0 Å². The highest BCUT2D eigenvalue weighted by atomic mass is 16.5. The van der Waals surface area contributed by atoms with E-state index in [0.29, 0.717) is 34.7 Å². The van der Waals surface area contributed by atoms with Crippen LogP contribution in [0.25, 0.3) is 10.9 Å². The molecular weight excluding hydrogens is 492 g/mol. The van der Waals surface area contributed by atoms with Crippen LogP contribution in [0.1, 0.15) is 36.8 Å². The Labute approximate surface area is 229 Å². The molecule has 3 heterocycles. The fourth-order valence-corrected chi connectivity index (χ4v) is 4.80. The number of methoxy groups -OCH3 is 1. The Balaban J connectivity index is 1.42. The van der Waals surface area contributed by atoms with Crippen LogP contribution in [0, 0.1) is 0 Å². The number of rotatable bonds is 6. The molecular formula is C30H36N6O3. The SMILES string of the molecule is COc1ccc(C(C)(C)C)cc1NC(=O)c1cc2cccc(Oc3ccnc(N4CCN(C)CC4)n3)c2n1C. The van der Waals surface area contributed by atoms with Crippen LogP contribution in [-0.2, 0) is 12.5 Å². The molecule has 39 heavy (non-hydrogen) atoms. The number of carbonyl (C=O) groups is 1. The second-order valence-corrected chi connectivity index (χ2v) is 11.0. The molecule has 1 N–H and O–H groups in total. The molecule has 0 saturated carbocycles. The number of carbonyl (C=O) groups excluding carboxylic acids is 1. The molecule has 1 amide bonds. The van der Waals surface area contributed by atoms with Crippen molar-refractivity contribution in [2.45, 2.75) is 26.2 Å². The number of anilines is 2. The van der Waals surface area contributed by atoms with Crippen LogP contribution in [0.5, 0.6) is 17.4 Å². The summed E-state index contributed by atoms with van der Waals surface area (Å²) >= 11 is 0. The van der Waals surface area contributed by atoms with Crippen LogP contribution in [0.4, 0.5) is 11.6 Å². The molecule has 4 aromatic rings. The summed E-state index contributed by atoms with van der Waals surface area (Å²) < 4.78 is 13.6. The third-order valence-corrected chi connectivity index (χ3v) is 7.18. The van der Waals surface area contributed by atoms with Crippen LogP contribution >= 0.6 is 0 Å². The first kappa shape index (κ1) is 26.5. The van der Waals surface area contributed by atoms with Gasteiger partial charge in [-0.25, -0.2) is 4.98 Å². The molecule has 0 spiro atoms. The lowest BCUT2D eigenvalue weighted by molar-refractivity contribution is 0.101. The first-order valence-corrected chi connectivity index (χ1v) is 13.2. The number of piperazine rings is 1. The van der Waals surface area contributed by atoms with Crippen molar-refractivity contribution in [1.29, 1.82) is 0 Å². The zero-order valence-electron chi connectivity index (χ0n) is 23.5. The van der Waals surface area contributed by atoms with Crippen molar-refractivity contribution in [3.8, 4) is 17.4 Å². The number of fused-ring (bicyclic) bond motifs is 1. The van der Waals surface area contributed by atoms with E-state index in [9.17, 15) is 4.79 Å². The molecule has 0 atom stereocenters. The number of hydrogen-bond acceptors (Lipinski definition) is 7. The lowest BCUT2D eigenvalue weighted by Crippen LogP contribution is -2.45. The van der Waals surface area contributed by atoms with E-state index in [4.69, 9.17) is 9.47 Å². The third-order valence-electron chi connectivity index (χ3n) is 7.18. The Morgan fingerprint density at radius 1 is 0.974 bits per heavy atom. The Kier molecular flexibility index (Phi) is 7.18. The highest BCUT2D eigenvalue weighted by Crippen LogP contribution is 2.34. The van der Waals surface area contributed by atoms with E-state index in [2.05, 4.69) is 52.9 Å². The average molecular weight is 529 g/mol. The summed E-state index contributed by atoms with van der Waals surface area (Å²) in [5.74, 6) is 2.11. The van der Waals surface area contributed by atoms with Gasteiger partial charge in [-0.05, 0) is 42.3 Å². The van der Waals surface area contributed by atoms with Gasteiger partial charge < -0.3 is 29.2 Å². The maximum Gasteiger partial charge on any atom is 0.272 e. The number of benzene rings is 2. The van der Waals surface area contributed by atoms with E-state index >= 15 is 0 Å². The van der Waals surface area contributed by atoms with Crippen LogP contribution in [-0.4, -0.2) is 65.7 Å². The Bertz CT molecular complexity index is 1500. The monoisotopic (exact) mass is 528 g/mol. The topological polar surface area (TPSA) is 84.8 Å². The number of likely N-dealkylation sites (N-methyl/N-ethyl adjacent to an activating group) is 1. The maximum atomic E-state index is 13.5. The minimum Gasteiger partial charge on any atom is -0.495 e. The Morgan fingerprint density at radius 3 is 2.46 bits per heavy atom. The smallest absolute Gasteiger partial charge is 0.272 e. The van der Waals surface area contributed by atoms with Crippen LogP contribution in [0.15, 0.2) is 54.7 Å². The van der Waals surface area contributed by atoms with Gasteiger partial charge in [-0.2, -0.15) is 4.98 Å². The summed E-state index contributed by atoms with van der Waals surface area (Å²) in [5.41, 5.74) is 2.98. The van der Waals surface area contributed by atoms with E-state index in [0.717, 1.165) is 42.6 Å². The predicted octanol–water partition coefficient (Wildman–Crippen LogP) is 5.07. The zero-order chi connectivity index (χ0) is 27.7. The maximum absolute atomic E-state index is 13.5. The molecule has 1 saturated heterocycles. The minimum absolute atomic E-state index is 0.0666. The molecule has 204 valence electrons. The van der Waals surface area contributed by atoms with Crippen LogP contribution in [0.3, 0.4) is 0 Å². The summed E-state index contributed by atoms with van der Waals surface area (Å²) in [6.07, 6.45) is 1.72. The van der Waals surface area contributed by atoms with Crippen LogP contribution < -0.4 is 19.7 Å². The highest BCUT2D eigenvalue weighted by molar-refractivity contribution is 6.07. The number of para-hydroxylation sites is 1. The van der Waals surface area contributed by atoms with Crippen molar-refractivity contribution in [1.82, 2.24) is 19.4 Å². The van der Waals surface area contributed by atoms with Gasteiger partial charge in [0, 0.05) is 50.9 Å². The van der Waals surface area contributed by atoms with Crippen molar-refractivity contribution in [3.63, 3.8) is 0 Å². The summed E-state index contributed by atoms with van der Waals surface area (Å²) in [5, 5.41) is 3.95. The molecule has 0 unspecified atom stereocenters. The van der Waals surface area contributed by atoms with E-state index < -0.39 is 0 Å². The molecule has 1 aliphatic rings. The third kappa shape index (κ3) is 5.54. The largest absolute Gasteiger partial charge is 0.495 e. The number of hydrogen-bond donors (Lipinski definition) is 1. The number of amides is 1. The molecule has 5 rings (SSSR count). The quantitative estimate of drug-likeness (QED) is 0.374. The number of aromatic nitrogens is 3. The highest BCUT2D eigenvalue weighted by Gasteiger charge is 2.21. The van der Waals surface area contributed by atoms with Gasteiger partial charge in [0.05, 0.1) is 18.3 Å². The summed E-state index contributed by atoms with van der Waals surface area (Å²) in [7, 11) is 5.58. The molecule has 0 aliphatic carbocycles. The fraction of sp³-hybridized carbons (Fsp3) is 0.367. The van der Waals surface area contributed by atoms with Gasteiger partial charge >= 0.3 is 0 Å². The standard InChI is InChI=1S/C30H36N6O3/c1-30(2,3)21-10-11-24(38-6)22(19-21)32-28(37)23-18-20-8-7-9-25(27(20)35(23)5)39-26-12-13-31-29(33-26)36-16-14-34(4)15-17-36/h7-13,18-19H,14-17H2,1-6H3,(H,32,37). The Morgan fingerprint density at radius 2 is 1.74 bits per heavy atom. The molecule has 9 heteroatoms. The molecule has 1 fully saturated rings. The van der Waals surface area contributed by atoms with Gasteiger partial charge in [0.15, 0.2) is 5.75 Å². The van der Waals surface area contributed by atoms with Gasteiger partial charge in [-0.1, -0.05) is 39.0 Å². The normalized spacial score (nSPS) is 14.5. The number of nitrogens with zero attached hydrogens (tertiary/aromatic N) is 5. The molecule has 2 aromatic heterocycles. The second-order valence-electron chi connectivity index (χ2n) is 11.0. The number of nitrogens with one attached hydrogen (secondary N) is 1. The van der Waals surface area contributed by atoms with Crippen molar-refractivity contribution in [2.24, 2.45) is 7.05 Å². The van der Waals surface area contributed by atoms with Gasteiger partial charge in [0.2, 0.25) is 11.8 Å². The first-order chi connectivity index (χ1) is 18.6. The van der Waals surface area contributed by atoms with Gasteiger partial charge in [0.1, 0.15) is 11.4 Å². The number of ether oxygens (including phenoxy) is 2. The first-order valence-electron chi connectivity index (χ1n) is 13.2. The van der Waals surface area contributed by atoms with E-state index in [1.165, 1.54) is 0 Å². The molecule has 0 bridgehead atoms. The number of aryl methyl sites for hydroxylation is 1. The van der Waals surface area contributed by atoms with E-state index in [1.54, 1.807) is 19.4 Å². The summed E-state index contributed by atoms with van der Waals surface area (Å²) in [4.78, 5) is 27.1. The van der Waals surface area contributed by atoms with Gasteiger partial charge in [-0.3, -0.25) is 4.79 Å². The average Bonchev–Trinajstić information content (AvgIpc) is 3.26. The molecule has 2 aromatic carbocycles. The zero-order valence-corrected chi connectivity index (χ0v) is 23.5. The van der Waals surface area contributed by atoms with Crippen LogP contribution in [0.2, 0.25) is 0 Å². The summed E-state index contributed by atoms with van der Waals surface area (Å²) in [6.45, 7) is 10.1. The molecule has 1 aliphatic heterocycles. The lowest BCUT2D eigenvalue weighted by atomic mass is 9.87. The van der Waals surface area contributed by atoms with Crippen molar-refractivity contribution < 1.29 is 14.3 Å². The van der Waals surface area contributed by atoms with E-state index in [1.807, 2.05) is 54.1 Å². The van der Waals surface area contributed by atoms with Crippen molar-refractivity contribution in [2.75, 3.05) is 50.6 Å². The fourth-order valence-electron chi connectivity index (χ4n) is 4.80. The predicted molar refractivity (Wildman–Crippen MR) is 154 cm³/mol. The summed E-state index contributed by atoms with van der Waals surface area (Å²) in [6, 6.07) is 15.3. The second kappa shape index (κ2) is 10.6. The van der Waals surface area contributed by atoms with Gasteiger partial charge in [0.25, 0.3) is 5.91 Å². The minimum atomic E-state index is -0.233. The lowest BCUT2D eigenvalue weighted by Gasteiger charge is -2.32. The molecule has 0 radical (unpaired) electrons. The van der Waals surface area contributed by atoms with E-state index in [-0.39, 0.29) is 11.3 Å².